The van der Waals surface area contributed by atoms with Crippen molar-refractivity contribution < 1.29 is 8.42 Å². The lowest BCUT2D eigenvalue weighted by Crippen LogP contribution is -2.05. The number of hydrogen-bond acceptors (Lipinski definition) is 4. The molecule has 0 aliphatic carbocycles. The van der Waals surface area contributed by atoms with Crippen molar-refractivity contribution in [3.63, 3.8) is 0 Å². The third-order valence-electron chi connectivity index (χ3n) is 4.07. The molecular formula is C18H20N6O2S. The molecule has 0 fully saturated rings. The van der Waals surface area contributed by atoms with Gasteiger partial charge in [-0.25, -0.2) is 8.42 Å². The lowest BCUT2D eigenvalue weighted by atomic mass is 10.1. The molecule has 9 heteroatoms. The van der Waals surface area contributed by atoms with Gasteiger partial charge in [0.2, 0.25) is 9.84 Å². The van der Waals surface area contributed by atoms with Crippen molar-refractivity contribution in [1.29, 1.82) is 0 Å². The van der Waals surface area contributed by atoms with Crippen LogP contribution in [0.25, 0.3) is 20.9 Å². The van der Waals surface area contributed by atoms with Gasteiger partial charge in [0.15, 0.2) is 0 Å². The summed E-state index contributed by atoms with van der Waals surface area (Å²) >= 11 is 0. The fraction of sp³-hybridized carbons (Fsp3) is 0.333. The zero-order valence-corrected chi connectivity index (χ0v) is 16.0. The zero-order valence-electron chi connectivity index (χ0n) is 15.2. The Hall–Kier alpha value is -2.99. The van der Waals surface area contributed by atoms with Crippen molar-refractivity contribution in [2.24, 2.45) is 10.2 Å². The van der Waals surface area contributed by atoms with Gasteiger partial charge in [0.1, 0.15) is 0 Å². The molecule has 0 aliphatic rings. The van der Waals surface area contributed by atoms with Gasteiger partial charge in [-0.2, -0.15) is 0 Å². The number of azide groups is 2. The van der Waals surface area contributed by atoms with E-state index in [-0.39, 0.29) is 21.2 Å². The number of hydrogen-bond donors (Lipinski definition) is 0. The first-order valence-corrected chi connectivity index (χ1v) is 10.1. The summed E-state index contributed by atoms with van der Waals surface area (Å²) < 4.78 is 26.7. The van der Waals surface area contributed by atoms with Crippen molar-refractivity contribution in [2.75, 3.05) is 0 Å². The Morgan fingerprint density at radius 1 is 0.815 bits per heavy atom. The van der Waals surface area contributed by atoms with Gasteiger partial charge in [-0.15, -0.1) is 0 Å². The largest absolute Gasteiger partial charge is 0.218 e. The van der Waals surface area contributed by atoms with Gasteiger partial charge in [-0.05, 0) is 47.2 Å². The summed E-state index contributed by atoms with van der Waals surface area (Å²) in [5, 5.41) is 7.30. The monoisotopic (exact) mass is 384 g/mol. The molecule has 0 amide bonds. The normalized spacial score (nSPS) is 10.7. The van der Waals surface area contributed by atoms with Crippen LogP contribution in [0.4, 0.5) is 11.4 Å². The fourth-order valence-corrected chi connectivity index (χ4v) is 4.55. The van der Waals surface area contributed by atoms with Crippen LogP contribution in [-0.2, 0) is 22.7 Å². The number of benzene rings is 2. The molecular weight excluding hydrogens is 364 g/mol. The highest BCUT2D eigenvalue weighted by Gasteiger charge is 2.26. The molecule has 0 bridgehead atoms. The molecule has 140 valence electrons. The molecule has 0 radical (unpaired) electrons. The van der Waals surface area contributed by atoms with Gasteiger partial charge in [0.25, 0.3) is 0 Å². The predicted molar refractivity (Wildman–Crippen MR) is 104 cm³/mol. The smallest absolute Gasteiger partial charge is 0.207 e. The third kappa shape index (κ3) is 4.23. The molecule has 0 aliphatic heterocycles. The van der Waals surface area contributed by atoms with E-state index in [1.54, 1.807) is 24.3 Å². The van der Waals surface area contributed by atoms with Gasteiger partial charge < -0.3 is 0 Å². The van der Waals surface area contributed by atoms with E-state index in [0.717, 1.165) is 12.8 Å². The van der Waals surface area contributed by atoms with Crippen molar-refractivity contribution >= 4 is 21.2 Å². The highest BCUT2D eigenvalue weighted by Crippen LogP contribution is 2.38. The lowest BCUT2D eigenvalue weighted by molar-refractivity contribution is 0.596. The van der Waals surface area contributed by atoms with E-state index in [2.05, 4.69) is 20.1 Å². The topological polar surface area (TPSA) is 132 Å². The van der Waals surface area contributed by atoms with Crippen LogP contribution in [-0.4, -0.2) is 8.42 Å². The molecule has 0 atom stereocenters. The Labute approximate surface area is 158 Å². The maximum Gasteiger partial charge on any atom is 0.207 e. The predicted octanol–water partition coefficient (Wildman–Crippen LogP) is 6.31. The molecule has 0 unspecified atom stereocenters. The Balaban J connectivity index is 2.81. The molecule has 0 saturated heterocycles. The average Bonchev–Trinajstić information content (AvgIpc) is 2.65. The summed E-state index contributed by atoms with van der Waals surface area (Å²) in [6.07, 6.45) is 2.70. The minimum atomic E-state index is -4.06. The van der Waals surface area contributed by atoms with Crippen LogP contribution in [0.5, 0.6) is 0 Å². The average molecular weight is 384 g/mol. The first-order valence-electron chi connectivity index (χ1n) is 8.60. The van der Waals surface area contributed by atoms with E-state index in [0.29, 0.717) is 24.0 Å². The van der Waals surface area contributed by atoms with Crippen molar-refractivity contribution in [3.8, 4) is 0 Å². The van der Waals surface area contributed by atoms with Gasteiger partial charge in [0.05, 0.1) is 21.2 Å². The molecule has 0 N–H and O–H groups in total. The fourth-order valence-electron chi connectivity index (χ4n) is 2.95. The molecule has 8 nitrogen and oxygen atoms in total. The van der Waals surface area contributed by atoms with E-state index in [4.69, 9.17) is 11.1 Å². The van der Waals surface area contributed by atoms with Gasteiger partial charge in [0, 0.05) is 9.82 Å². The minimum absolute atomic E-state index is 0.0886. The van der Waals surface area contributed by atoms with E-state index in [1.165, 1.54) is 12.1 Å². The molecule has 2 aromatic carbocycles. The van der Waals surface area contributed by atoms with Crippen molar-refractivity contribution in [3.05, 3.63) is 68.4 Å². The standard InChI is InChI=1S/C18H20N6O2S/c1-3-7-13-9-5-11-15(17(13)21-23-19)27(25,26)16-12-6-10-14(8-4-2)18(16)22-24-20/h5-6,9-12H,3-4,7-8H2,1-2H3. The lowest BCUT2D eigenvalue weighted by Gasteiger charge is -2.14. The maximum absolute atomic E-state index is 13.4. The summed E-state index contributed by atoms with van der Waals surface area (Å²) in [5.41, 5.74) is 19.3. The summed E-state index contributed by atoms with van der Waals surface area (Å²) in [6, 6.07) is 9.55. The summed E-state index contributed by atoms with van der Waals surface area (Å²) in [6.45, 7) is 3.91. The van der Waals surface area contributed by atoms with Gasteiger partial charge >= 0.3 is 0 Å². The summed E-state index contributed by atoms with van der Waals surface area (Å²) in [7, 11) is -4.06. The summed E-state index contributed by atoms with van der Waals surface area (Å²) in [4.78, 5) is 5.42. The van der Waals surface area contributed by atoms with Crippen LogP contribution in [0.15, 0.2) is 56.4 Å². The first kappa shape index (κ1) is 20.3. The third-order valence-corrected chi connectivity index (χ3v) is 5.89. The van der Waals surface area contributed by atoms with Crippen molar-refractivity contribution in [1.82, 2.24) is 0 Å². The van der Waals surface area contributed by atoms with Crippen molar-refractivity contribution in [2.45, 2.75) is 49.3 Å². The number of nitrogens with zero attached hydrogens (tertiary/aromatic N) is 6. The Bertz CT molecular complexity index is 958. The molecule has 0 saturated carbocycles. The Kier molecular flexibility index (Phi) is 6.85. The van der Waals surface area contributed by atoms with Crippen LogP contribution >= 0.6 is 0 Å². The van der Waals surface area contributed by atoms with Crippen LogP contribution in [0.2, 0.25) is 0 Å². The van der Waals surface area contributed by atoms with Crippen LogP contribution in [0.1, 0.15) is 37.8 Å². The maximum atomic E-state index is 13.4. The number of rotatable bonds is 8. The minimum Gasteiger partial charge on any atom is -0.218 e. The summed E-state index contributed by atoms with van der Waals surface area (Å²) in [5.74, 6) is 0. The van der Waals surface area contributed by atoms with Crippen LogP contribution in [0.3, 0.4) is 0 Å². The van der Waals surface area contributed by atoms with E-state index in [9.17, 15) is 8.42 Å². The first-order chi connectivity index (χ1) is 13.0. The Morgan fingerprint density at radius 3 is 1.56 bits per heavy atom. The SMILES string of the molecule is CCCc1cccc(S(=O)(=O)c2cccc(CCC)c2N=[N+]=[N-])c1N=[N+]=[N-]. The van der Waals surface area contributed by atoms with Crippen LogP contribution < -0.4 is 0 Å². The van der Waals surface area contributed by atoms with E-state index in [1.807, 2.05) is 13.8 Å². The molecule has 27 heavy (non-hydrogen) atoms. The molecule has 0 heterocycles. The number of sulfone groups is 1. The highest BCUT2D eigenvalue weighted by molar-refractivity contribution is 7.91. The van der Waals surface area contributed by atoms with Gasteiger partial charge in [-0.1, -0.05) is 61.2 Å². The number of aryl methyl sites for hydroxylation is 2. The second kappa shape index (κ2) is 9.09. The molecule has 0 aromatic heterocycles. The zero-order chi connectivity index (χ0) is 19.9. The van der Waals surface area contributed by atoms with E-state index < -0.39 is 9.84 Å². The van der Waals surface area contributed by atoms with Gasteiger partial charge in [-0.3, -0.25) is 0 Å². The Morgan fingerprint density at radius 2 is 1.22 bits per heavy atom. The second-order valence-electron chi connectivity index (χ2n) is 5.91. The molecule has 2 rings (SSSR count). The van der Waals surface area contributed by atoms with E-state index >= 15 is 0 Å². The quantitative estimate of drug-likeness (QED) is 0.300. The molecule has 0 spiro atoms. The van der Waals surface area contributed by atoms with Crippen LogP contribution in [0, 0.1) is 0 Å². The highest BCUT2D eigenvalue weighted by atomic mass is 32.2. The second-order valence-corrected chi connectivity index (χ2v) is 7.80. The molecule has 2 aromatic rings.